The zero-order valence-electron chi connectivity index (χ0n) is 16.0. The lowest BCUT2D eigenvalue weighted by Crippen LogP contribution is -2.26. The summed E-state index contributed by atoms with van der Waals surface area (Å²) in [6.07, 6.45) is -0.138. The number of carbonyl (C=O) groups is 3. The number of fused-ring (bicyclic) bond motifs is 1. The molecule has 3 rings (SSSR count). The molecule has 0 aromatic heterocycles. The number of ether oxygens (including phenoxy) is 2. The molecule has 7 nitrogen and oxygen atoms in total. The van der Waals surface area contributed by atoms with Gasteiger partial charge in [0.1, 0.15) is 11.5 Å². The van der Waals surface area contributed by atoms with Crippen LogP contribution in [0.25, 0.3) is 0 Å². The molecule has 0 radical (unpaired) electrons. The molecule has 2 aromatic rings. The fraction of sp³-hybridized carbons (Fsp3) is 0.286. The van der Waals surface area contributed by atoms with E-state index in [1.165, 1.54) is 26.2 Å². The first-order valence-corrected chi connectivity index (χ1v) is 8.91. The number of amides is 2. The molecule has 2 aromatic carbocycles. The molecule has 0 bridgehead atoms. The van der Waals surface area contributed by atoms with Crippen LogP contribution in [0.3, 0.4) is 0 Å². The predicted octanol–water partition coefficient (Wildman–Crippen LogP) is 2.35. The fourth-order valence-electron chi connectivity index (χ4n) is 3.29. The highest BCUT2D eigenvalue weighted by atomic mass is 16.5. The number of nitrogens with two attached hydrogens (primary N) is 1. The lowest BCUT2D eigenvalue weighted by molar-refractivity contribution is -0.116. The molecule has 0 spiro atoms. The van der Waals surface area contributed by atoms with Crippen molar-refractivity contribution in [3.63, 3.8) is 0 Å². The van der Waals surface area contributed by atoms with Crippen LogP contribution in [0.15, 0.2) is 36.4 Å². The van der Waals surface area contributed by atoms with Gasteiger partial charge in [-0.15, -0.1) is 0 Å². The summed E-state index contributed by atoms with van der Waals surface area (Å²) in [5.74, 6) is -0.230. The topological polar surface area (TPSA) is 98.9 Å². The molecule has 1 aliphatic rings. The highest BCUT2D eigenvalue weighted by molar-refractivity contribution is 6.01. The second kappa shape index (κ2) is 7.72. The largest absolute Gasteiger partial charge is 0.497 e. The van der Waals surface area contributed by atoms with Crippen LogP contribution in [-0.4, -0.2) is 37.4 Å². The molecular formula is C21H22N2O5. The van der Waals surface area contributed by atoms with Crippen LogP contribution in [0, 0.1) is 0 Å². The summed E-state index contributed by atoms with van der Waals surface area (Å²) >= 11 is 0. The highest BCUT2D eigenvalue weighted by Gasteiger charge is 2.25. The average molecular weight is 382 g/mol. The maximum Gasteiger partial charge on any atom is 0.252 e. The molecule has 1 unspecified atom stereocenters. The van der Waals surface area contributed by atoms with E-state index in [-0.39, 0.29) is 23.0 Å². The van der Waals surface area contributed by atoms with Gasteiger partial charge in [-0.3, -0.25) is 14.4 Å². The molecule has 0 saturated carbocycles. The van der Waals surface area contributed by atoms with Gasteiger partial charge in [0.05, 0.1) is 12.7 Å². The molecule has 1 atom stereocenters. The van der Waals surface area contributed by atoms with E-state index in [4.69, 9.17) is 15.2 Å². The average Bonchev–Trinajstić information content (AvgIpc) is 3.10. The molecule has 2 N–H and O–H groups in total. The quantitative estimate of drug-likeness (QED) is 0.773. The van der Waals surface area contributed by atoms with E-state index in [1.807, 2.05) is 0 Å². The molecule has 28 heavy (non-hydrogen) atoms. The van der Waals surface area contributed by atoms with Gasteiger partial charge in [0.15, 0.2) is 6.10 Å². The molecule has 0 fully saturated rings. The van der Waals surface area contributed by atoms with Gasteiger partial charge in [-0.25, -0.2) is 0 Å². The lowest BCUT2D eigenvalue weighted by atomic mass is 10.0. The lowest BCUT2D eigenvalue weighted by Gasteiger charge is -2.18. The van der Waals surface area contributed by atoms with Crippen LogP contribution in [0.2, 0.25) is 0 Å². The van der Waals surface area contributed by atoms with Crippen molar-refractivity contribution >= 4 is 23.3 Å². The van der Waals surface area contributed by atoms with Gasteiger partial charge >= 0.3 is 0 Å². The second-order valence-corrected chi connectivity index (χ2v) is 6.61. The Morgan fingerprint density at radius 1 is 1.14 bits per heavy atom. The van der Waals surface area contributed by atoms with E-state index < -0.39 is 12.0 Å². The van der Waals surface area contributed by atoms with Crippen molar-refractivity contribution in [2.45, 2.75) is 26.4 Å². The Balaban J connectivity index is 1.83. The SMILES string of the molecule is COc1ccc(C(N)=O)c(OC(C)C(=O)c2ccc3c(c2)CCN3C(C)=O)c1. The number of anilines is 1. The van der Waals surface area contributed by atoms with Gasteiger partial charge in [0.2, 0.25) is 11.7 Å². The van der Waals surface area contributed by atoms with Gasteiger partial charge in [0.25, 0.3) is 5.91 Å². The minimum Gasteiger partial charge on any atom is -0.497 e. The number of Topliss-reactive ketones (excluding diaryl/α,β-unsaturated/α-hetero) is 1. The van der Waals surface area contributed by atoms with Crippen molar-refractivity contribution in [1.82, 2.24) is 0 Å². The molecule has 1 aliphatic heterocycles. The van der Waals surface area contributed by atoms with Crippen LogP contribution in [0.5, 0.6) is 11.5 Å². The standard InChI is InChI=1S/C21H22N2O5/c1-12(28-19-11-16(27-3)5-6-17(19)21(22)26)20(25)15-4-7-18-14(10-15)8-9-23(18)13(2)24/h4-7,10-12H,8-9H2,1-3H3,(H2,22,26). The van der Waals surface area contributed by atoms with Crippen molar-refractivity contribution in [2.75, 3.05) is 18.6 Å². The third kappa shape index (κ3) is 3.69. The summed E-state index contributed by atoms with van der Waals surface area (Å²) in [5.41, 5.74) is 7.84. The molecule has 0 aliphatic carbocycles. The van der Waals surface area contributed by atoms with E-state index in [9.17, 15) is 14.4 Å². The Morgan fingerprint density at radius 2 is 1.89 bits per heavy atom. The Labute approximate surface area is 163 Å². The minimum absolute atomic E-state index is 0.0217. The van der Waals surface area contributed by atoms with E-state index in [2.05, 4.69) is 0 Å². The predicted molar refractivity (Wildman–Crippen MR) is 104 cm³/mol. The molecule has 7 heteroatoms. The maximum absolute atomic E-state index is 12.8. The number of ketones is 1. The number of carbonyl (C=O) groups excluding carboxylic acids is 3. The summed E-state index contributed by atoms with van der Waals surface area (Å²) in [7, 11) is 1.49. The van der Waals surface area contributed by atoms with Crippen molar-refractivity contribution in [3.05, 3.63) is 53.1 Å². The minimum atomic E-state index is -0.839. The third-order valence-corrected chi connectivity index (χ3v) is 4.77. The number of hydrogen-bond donors (Lipinski definition) is 1. The van der Waals surface area contributed by atoms with E-state index in [0.29, 0.717) is 24.3 Å². The summed E-state index contributed by atoms with van der Waals surface area (Å²) in [6, 6.07) is 9.88. The molecular weight excluding hydrogens is 360 g/mol. The first-order chi connectivity index (χ1) is 13.3. The Bertz CT molecular complexity index is 954. The van der Waals surface area contributed by atoms with Gasteiger partial charge in [0, 0.05) is 30.8 Å². The normalized spacial score (nSPS) is 13.6. The second-order valence-electron chi connectivity index (χ2n) is 6.61. The van der Waals surface area contributed by atoms with E-state index >= 15 is 0 Å². The van der Waals surface area contributed by atoms with Crippen molar-refractivity contribution in [1.29, 1.82) is 0 Å². The van der Waals surface area contributed by atoms with Crippen molar-refractivity contribution in [3.8, 4) is 11.5 Å². The number of nitrogens with zero attached hydrogens (tertiary/aromatic N) is 1. The molecule has 1 heterocycles. The summed E-state index contributed by atoms with van der Waals surface area (Å²) in [6.45, 7) is 3.75. The van der Waals surface area contributed by atoms with Crippen LogP contribution in [0.1, 0.15) is 40.1 Å². The highest BCUT2D eigenvalue weighted by Crippen LogP contribution is 2.30. The van der Waals surface area contributed by atoms with Gasteiger partial charge in [-0.2, -0.15) is 0 Å². The van der Waals surface area contributed by atoms with Crippen molar-refractivity contribution < 1.29 is 23.9 Å². The first-order valence-electron chi connectivity index (χ1n) is 8.91. The van der Waals surface area contributed by atoms with Crippen LogP contribution in [0.4, 0.5) is 5.69 Å². The molecule has 0 saturated heterocycles. The number of rotatable bonds is 6. The Kier molecular flexibility index (Phi) is 5.35. The zero-order chi connectivity index (χ0) is 20.4. The molecule has 2 amide bonds. The number of hydrogen-bond acceptors (Lipinski definition) is 5. The van der Waals surface area contributed by atoms with Gasteiger partial charge in [-0.05, 0) is 49.2 Å². The van der Waals surface area contributed by atoms with Crippen LogP contribution >= 0.6 is 0 Å². The summed E-state index contributed by atoms with van der Waals surface area (Å²) < 4.78 is 10.9. The van der Waals surface area contributed by atoms with E-state index in [0.717, 1.165) is 11.3 Å². The smallest absolute Gasteiger partial charge is 0.252 e. The molecule has 146 valence electrons. The fourth-order valence-corrected chi connectivity index (χ4v) is 3.29. The third-order valence-electron chi connectivity index (χ3n) is 4.77. The summed E-state index contributed by atoms with van der Waals surface area (Å²) in [4.78, 5) is 37.9. The van der Waals surface area contributed by atoms with Gasteiger partial charge in [-0.1, -0.05) is 0 Å². The van der Waals surface area contributed by atoms with Crippen LogP contribution in [-0.2, 0) is 11.2 Å². The maximum atomic E-state index is 12.8. The Morgan fingerprint density at radius 3 is 2.54 bits per heavy atom. The number of benzene rings is 2. The monoisotopic (exact) mass is 382 g/mol. The van der Waals surface area contributed by atoms with E-state index in [1.54, 1.807) is 36.1 Å². The van der Waals surface area contributed by atoms with Crippen LogP contribution < -0.4 is 20.1 Å². The van der Waals surface area contributed by atoms with Crippen molar-refractivity contribution in [2.24, 2.45) is 5.73 Å². The van der Waals surface area contributed by atoms with Gasteiger partial charge < -0.3 is 20.1 Å². The first kappa shape index (κ1) is 19.4. The Hall–Kier alpha value is -3.35. The zero-order valence-corrected chi connectivity index (χ0v) is 16.0. The summed E-state index contributed by atoms with van der Waals surface area (Å²) in [5, 5.41) is 0. The number of methoxy groups -OCH3 is 1. The number of primary amides is 1.